The highest BCUT2D eigenvalue weighted by Crippen LogP contribution is 2.31. The molecule has 1 unspecified atom stereocenters. The van der Waals surface area contributed by atoms with Gasteiger partial charge in [-0.15, -0.1) is 0 Å². The highest BCUT2D eigenvalue weighted by atomic mass is 16.4. The maximum Gasteiger partial charge on any atom is 0.335 e. The van der Waals surface area contributed by atoms with E-state index >= 15 is 0 Å². The van der Waals surface area contributed by atoms with Crippen molar-refractivity contribution in [2.45, 2.75) is 33.2 Å². The minimum Gasteiger partial charge on any atom is -0.478 e. The van der Waals surface area contributed by atoms with Crippen molar-refractivity contribution in [3.63, 3.8) is 0 Å². The van der Waals surface area contributed by atoms with Gasteiger partial charge < -0.3 is 14.9 Å². The fourth-order valence-corrected chi connectivity index (χ4v) is 2.87. The highest BCUT2D eigenvalue weighted by molar-refractivity contribution is 5.91. The summed E-state index contributed by atoms with van der Waals surface area (Å²) in [6.45, 7) is 7.96. The summed E-state index contributed by atoms with van der Waals surface area (Å²) in [5.41, 5.74) is 2.25. The topological polar surface area (TPSA) is 60.9 Å². The Morgan fingerprint density at radius 1 is 1.33 bits per heavy atom. The summed E-state index contributed by atoms with van der Waals surface area (Å²) in [6, 6.07) is 4.89. The zero-order valence-electron chi connectivity index (χ0n) is 12.8. The van der Waals surface area contributed by atoms with Gasteiger partial charge in [-0.2, -0.15) is 0 Å². The average Bonchev–Trinajstić information content (AvgIpc) is 2.90. The van der Waals surface area contributed by atoms with E-state index in [9.17, 15) is 9.59 Å². The van der Waals surface area contributed by atoms with Gasteiger partial charge in [0.15, 0.2) is 0 Å². The Morgan fingerprint density at radius 3 is 2.57 bits per heavy atom. The molecule has 0 aromatic heterocycles. The van der Waals surface area contributed by atoms with Gasteiger partial charge in [0.25, 0.3) is 0 Å². The number of aromatic carboxylic acids is 1. The summed E-state index contributed by atoms with van der Waals surface area (Å²) in [5.74, 6) is -0.846. The second kappa shape index (κ2) is 6.16. The number of benzene rings is 1. The third-order valence-electron chi connectivity index (χ3n) is 4.16. The Morgan fingerprint density at radius 2 is 2.00 bits per heavy atom. The molecule has 0 saturated heterocycles. The molecule has 1 N–H and O–H groups in total. The van der Waals surface area contributed by atoms with Crippen molar-refractivity contribution in [1.29, 1.82) is 0 Å². The van der Waals surface area contributed by atoms with Crippen LogP contribution >= 0.6 is 0 Å². The number of carbonyl (C=O) groups excluding carboxylic acids is 1. The van der Waals surface area contributed by atoms with Crippen molar-refractivity contribution in [2.75, 3.05) is 24.5 Å². The molecule has 114 valence electrons. The lowest BCUT2D eigenvalue weighted by Crippen LogP contribution is -2.46. The lowest BCUT2D eigenvalue weighted by molar-refractivity contribution is -0.131. The predicted octanol–water partition coefficient (Wildman–Crippen LogP) is 2.00. The zero-order valence-corrected chi connectivity index (χ0v) is 12.8. The first kappa shape index (κ1) is 15.4. The van der Waals surface area contributed by atoms with Crippen molar-refractivity contribution < 1.29 is 14.7 Å². The van der Waals surface area contributed by atoms with Crippen LogP contribution in [0.15, 0.2) is 18.2 Å². The summed E-state index contributed by atoms with van der Waals surface area (Å²) < 4.78 is 0. The van der Waals surface area contributed by atoms with Crippen LogP contribution in [0.3, 0.4) is 0 Å². The van der Waals surface area contributed by atoms with Crippen LogP contribution < -0.4 is 4.90 Å². The minimum atomic E-state index is -0.938. The smallest absolute Gasteiger partial charge is 0.335 e. The van der Waals surface area contributed by atoms with Crippen molar-refractivity contribution in [1.82, 2.24) is 4.90 Å². The quantitative estimate of drug-likeness (QED) is 0.901. The molecule has 0 spiro atoms. The average molecular weight is 290 g/mol. The van der Waals surface area contributed by atoms with Crippen LogP contribution in [0.2, 0.25) is 0 Å². The number of anilines is 1. The number of carbonyl (C=O) groups is 2. The second-order valence-corrected chi connectivity index (χ2v) is 5.28. The van der Waals surface area contributed by atoms with Crippen LogP contribution in [-0.2, 0) is 11.2 Å². The summed E-state index contributed by atoms with van der Waals surface area (Å²) in [4.78, 5) is 27.4. The van der Waals surface area contributed by atoms with E-state index in [2.05, 4.69) is 0 Å². The normalized spacial score (nSPS) is 14.7. The Kier molecular flexibility index (Phi) is 4.50. The fraction of sp³-hybridized carbons (Fsp3) is 0.500. The molecule has 1 aliphatic rings. The summed E-state index contributed by atoms with van der Waals surface area (Å²) >= 11 is 0. The zero-order chi connectivity index (χ0) is 15.6. The van der Waals surface area contributed by atoms with Crippen molar-refractivity contribution in [3.05, 3.63) is 29.3 Å². The van der Waals surface area contributed by atoms with E-state index in [0.29, 0.717) is 13.1 Å². The Labute approximate surface area is 125 Å². The number of fused-ring (bicyclic) bond motifs is 1. The first-order valence-electron chi connectivity index (χ1n) is 7.41. The number of carboxylic acids is 1. The van der Waals surface area contributed by atoms with E-state index in [4.69, 9.17) is 5.11 Å². The molecule has 21 heavy (non-hydrogen) atoms. The molecule has 0 radical (unpaired) electrons. The third-order valence-corrected chi connectivity index (χ3v) is 4.16. The molecule has 5 nitrogen and oxygen atoms in total. The van der Waals surface area contributed by atoms with Gasteiger partial charge >= 0.3 is 5.97 Å². The second-order valence-electron chi connectivity index (χ2n) is 5.28. The summed E-state index contributed by atoms with van der Waals surface area (Å²) in [5, 5.41) is 9.12. The van der Waals surface area contributed by atoms with Gasteiger partial charge in [0.2, 0.25) is 5.91 Å². The molecular weight excluding hydrogens is 268 g/mol. The van der Waals surface area contributed by atoms with Crippen LogP contribution in [0.1, 0.15) is 36.7 Å². The minimum absolute atomic E-state index is 0.0913. The lowest BCUT2D eigenvalue weighted by Gasteiger charge is -2.31. The number of rotatable bonds is 5. The van der Waals surface area contributed by atoms with Crippen LogP contribution in [0.4, 0.5) is 5.69 Å². The number of amides is 1. The van der Waals surface area contributed by atoms with Crippen molar-refractivity contribution in [2.24, 2.45) is 0 Å². The maximum absolute atomic E-state index is 12.5. The third kappa shape index (κ3) is 2.86. The van der Waals surface area contributed by atoms with Crippen molar-refractivity contribution in [3.8, 4) is 0 Å². The molecule has 1 aliphatic heterocycles. The van der Waals surface area contributed by atoms with E-state index in [0.717, 1.165) is 24.2 Å². The van der Waals surface area contributed by atoms with Gasteiger partial charge in [0.1, 0.15) is 6.04 Å². The molecule has 1 aromatic rings. The van der Waals surface area contributed by atoms with E-state index in [1.54, 1.807) is 12.1 Å². The van der Waals surface area contributed by atoms with Gasteiger partial charge in [-0.05, 0) is 44.9 Å². The summed E-state index contributed by atoms with van der Waals surface area (Å²) in [7, 11) is 0. The Balaban J connectivity index is 2.27. The SMILES string of the molecule is CCN(CC)C(=O)C(C)N1CCc2ccc(C(=O)O)cc21. The van der Waals surface area contributed by atoms with Gasteiger partial charge in [-0.25, -0.2) is 4.79 Å². The fourth-order valence-electron chi connectivity index (χ4n) is 2.87. The molecule has 0 fully saturated rings. The first-order chi connectivity index (χ1) is 9.99. The molecule has 1 amide bonds. The van der Waals surface area contributed by atoms with Crippen LogP contribution in [0.25, 0.3) is 0 Å². The van der Waals surface area contributed by atoms with Crippen LogP contribution in [0, 0.1) is 0 Å². The van der Waals surface area contributed by atoms with E-state index in [1.807, 2.05) is 36.6 Å². The highest BCUT2D eigenvalue weighted by Gasteiger charge is 2.30. The maximum atomic E-state index is 12.5. The lowest BCUT2D eigenvalue weighted by atomic mass is 10.1. The molecule has 0 aliphatic carbocycles. The number of likely N-dealkylation sites (N-methyl/N-ethyl adjacent to an activating group) is 1. The van der Waals surface area contributed by atoms with Crippen LogP contribution in [0.5, 0.6) is 0 Å². The summed E-state index contributed by atoms with van der Waals surface area (Å²) in [6.07, 6.45) is 0.852. The first-order valence-corrected chi connectivity index (χ1v) is 7.41. The molecule has 2 rings (SSSR count). The Bertz CT molecular complexity index is 552. The molecular formula is C16H22N2O3. The van der Waals surface area contributed by atoms with E-state index in [-0.39, 0.29) is 17.5 Å². The molecule has 1 atom stereocenters. The molecule has 0 bridgehead atoms. The Hall–Kier alpha value is -2.04. The van der Waals surface area contributed by atoms with E-state index < -0.39 is 5.97 Å². The number of nitrogens with zero attached hydrogens (tertiary/aromatic N) is 2. The monoisotopic (exact) mass is 290 g/mol. The molecule has 1 heterocycles. The molecule has 0 saturated carbocycles. The number of carboxylic acid groups (broad SMARTS) is 1. The van der Waals surface area contributed by atoms with Gasteiger partial charge in [0.05, 0.1) is 5.56 Å². The van der Waals surface area contributed by atoms with E-state index in [1.165, 1.54) is 0 Å². The number of hydrogen-bond donors (Lipinski definition) is 1. The van der Waals surface area contributed by atoms with Gasteiger partial charge in [0, 0.05) is 25.3 Å². The van der Waals surface area contributed by atoms with Crippen LogP contribution in [-0.4, -0.2) is 47.6 Å². The van der Waals surface area contributed by atoms with Crippen molar-refractivity contribution >= 4 is 17.6 Å². The molecule has 1 aromatic carbocycles. The standard InChI is InChI=1S/C16H22N2O3/c1-4-17(5-2)15(19)11(3)18-9-8-12-6-7-13(16(20)21)10-14(12)18/h6-7,10-11H,4-5,8-9H2,1-3H3,(H,20,21). The molecule has 5 heteroatoms. The van der Waals surface area contributed by atoms with Gasteiger partial charge in [-0.1, -0.05) is 6.07 Å². The van der Waals surface area contributed by atoms with Gasteiger partial charge in [-0.3, -0.25) is 4.79 Å². The number of hydrogen-bond acceptors (Lipinski definition) is 3. The predicted molar refractivity (Wildman–Crippen MR) is 81.8 cm³/mol. The largest absolute Gasteiger partial charge is 0.478 e.